The fourth-order valence-corrected chi connectivity index (χ4v) is 2.50. The Bertz CT molecular complexity index is 345. The van der Waals surface area contributed by atoms with Crippen LogP contribution in [0.4, 0.5) is 11.8 Å². The summed E-state index contributed by atoms with van der Waals surface area (Å²) in [6, 6.07) is 1.70. The molecule has 0 radical (unpaired) electrons. The molecule has 4 heteroatoms. The van der Waals surface area contributed by atoms with Crippen LogP contribution in [0.1, 0.15) is 39.0 Å². The molecule has 0 atom stereocenters. The first kappa shape index (κ1) is 11.2. The predicted octanol–water partition coefficient (Wildman–Crippen LogP) is 2.44. The van der Waals surface area contributed by atoms with Gasteiger partial charge in [0.25, 0.3) is 0 Å². The molecule has 88 valence electrons. The molecule has 1 aliphatic rings. The number of nitrogen functional groups attached to an aromatic ring is 1. The maximum Gasteiger partial charge on any atom is 0.224 e. The number of nitrogens with zero attached hydrogens (tertiary/aromatic N) is 2. The Morgan fingerprint density at radius 3 is 2.81 bits per heavy atom. The van der Waals surface area contributed by atoms with Crippen LogP contribution in [0.3, 0.4) is 0 Å². The smallest absolute Gasteiger partial charge is 0.224 e. The first-order valence-corrected chi connectivity index (χ1v) is 6.06. The lowest BCUT2D eigenvalue weighted by molar-refractivity contribution is 0.306. The van der Waals surface area contributed by atoms with Gasteiger partial charge in [0, 0.05) is 12.7 Å². The van der Waals surface area contributed by atoms with Crippen molar-refractivity contribution in [2.24, 2.45) is 5.41 Å². The average Bonchev–Trinajstić information content (AvgIpc) is 2.76. The Balaban J connectivity index is 1.95. The number of aromatic nitrogens is 2. The van der Waals surface area contributed by atoms with Gasteiger partial charge in [0.05, 0.1) is 0 Å². The minimum absolute atomic E-state index is 0.452. The van der Waals surface area contributed by atoms with Gasteiger partial charge in [0.1, 0.15) is 5.82 Å². The third kappa shape index (κ3) is 2.43. The molecule has 0 unspecified atom stereocenters. The lowest BCUT2D eigenvalue weighted by atomic mass is 9.83. The van der Waals surface area contributed by atoms with E-state index in [9.17, 15) is 0 Å². The van der Waals surface area contributed by atoms with Crippen molar-refractivity contribution in [2.75, 3.05) is 17.6 Å². The van der Waals surface area contributed by atoms with Crippen molar-refractivity contribution in [1.82, 2.24) is 9.97 Å². The van der Waals surface area contributed by atoms with E-state index < -0.39 is 0 Å². The number of hydrogen-bond acceptors (Lipinski definition) is 4. The summed E-state index contributed by atoms with van der Waals surface area (Å²) >= 11 is 0. The second kappa shape index (κ2) is 4.68. The van der Waals surface area contributed by atoms with Crippen molar-refractivity contribution in [2.45, 2.75) is 39.0 Å². The molecule has 4 nitrogen and oxygen atoms in total. The summed E-state index contributed by atoms with van der Waals surface area (Å²) < 4.78 is 0. The first-order chi connectivity index (χ1) is 7.74. The normalized spacial score (nSPS) is 18.6. The largest absolute Gasteiger partial charge is 0.384 e. The number of nitrogens with two attached hydrogens (primary N) is 1. The average molecular weight is 220 g/mol. The number of hydrogen-bond donors (Lipinski definition) is 2. The van der Waals surface area contributed by atoms with Crippen LogP contribution in [-0.4, -0.2) is 16.5 Å². The molecule has 0 spiro atoms. The zero-order valence-corrected chi connectivity index (χ0v) is 9.87. The van der Waals surface area contributed by atoms with Gasteiger partial charge in [-0.3, -0.25) is 0 Å². The van der Waals surface area contributed by atoms with Crippen molar-refractivity contribution in [3.63, 3.8) is 0 Å². The molecule has 0 aliphatic heterocycles. The lowest BCUT2D eigenvalue weighted by Crippen LogP contribution is -2.26. The quantitative estimate of drug-likeness (QED) is 0.818. The van der Waals surface area contributed by atoms with Crippen LogP contribution in [0, 0.1) is 5.41 Å². The molecule has 1 heterocycles. The second-order valence-corrected chi connectivity index (χ2v) is 4.72. The highest BCUT2D eigenvalue weighted by atomic mass is 15.1. The predicted molar refractivity (Wildman–Crippen MR) is 66.1 cm³/mol. The molecule has 0 aromatic carbocycles. The van der Waals surface area contributed by atoms with Crippen molar-refractivity contribution >= 4 is 11.8 Å². The molecule has 16 heavy (non-hydrogen) atoms. The van der Waals surface area contributed by atoms with Crippen molar-refractivity contribution < 1.29 is 0 Å². The van der Waals surface area contributed by atoms with E-state index >= 15 is 0 Å². The van der Waals surface area contributed by atoms with E-state index in [0.717, 1.165) is 6.54 Å². The molecule has 1 aromatic rings. The third-order valence-corrected chi connectivity index (χ3v) is 3.71. The highest BCUT2D eigenvalue weighted by molar-refractivity contribution is 5.35. The molecule has 0 bridgehead atoms. The highest BCUT2D eigenvalue weighted by Gasteiger charge is 2.31. The summed E-state index contributed by atoms with van der Waals surface area (Å²) in [4.78, 5) is 8.32. The first-order valence-electron chi connectivity index (χ1n) is 6.06. The monoisotopic (exact) mass is 220 g/mol. The van der Waals surface area contributed by atoms with Gasteiger partial charge in [-0.25, -0.2) is 4.98 Å². The SMILES string of the molecule is CCC1(CNc2nccc(N)n2)CCCC1. The van der Waals surface area contributed by atoms with Crippen LogP contribution in [0.15, 0.2) is 12.3 Å². The number of nitrogens with one attached hydrogen (secondary N) is 1. The van der Waals surface area contributed by atoms with E-state index in [2.05, 4.69) is 22.2 Å². The Hall–Kier alpha value is -1.32. The molecule has 3 N–H and O–H groups in total. The van der Waals surface area contributed by atoms with E-state index in [1.807, 2.05) is 0 Å². The van der Waals surface area contributed by atoms with Crippen molar-refractivity contribution in [1.29, 1.82) is 0 Å². The lowest BCUT2D eigenvalue weighted by Gasteiger charge is -2.27. The van der Waals surface area contributed by atoms with Gasteiger partial charge in [-0.05, 0) is 30.7 Å². The number of anilines is 2. The highest BCUT2D eigenvalue weighted by Crippen LogP contribution is 2.40. The van der Waals surface area contributed by atoms with Gasteiger partial charge >= 0.3 is 0 Å². The van der Waals surface area contributed by atoms with E-state index in [-0.39, 0.29) is 0 Å². The van der Waals surface area contributed by atoms with E-state index in [1.54, 1.807) is 12.3 Å². The molecule has 2 rings (SSSR count). The number of rotatable bonds is 4. The standard InChI is InChI=1S/C12H20N4/c1-2-12(6-3-4-7-12)9-15-11-14-8-5-10(13)16-11/h5,8H,2-4,6-7,9H2,1H3,(H3,13,14,15,16). The van der Waals surface area contributed by atoms with Gasteiger partial charge in [0.15, 0.2) is 0 Å². The molecule has 1 fully saturated rings. The molecular formula is C12H20N4. The summed E-state index contributed by atoms with van der Waals surface area (Å²) in [7, 11) is 0. The molecule has 1 saturated carbocycles. The van der Waals surface area contributed by atoms with Gasteiger partial charge in [-0.1, -0.05) is 19.8 Å². The van der Waals surface area contributed by atoms with Crippen LogP contribution < -0.4 is 11.1 Å². The zero-order chi connectivity index (χ0) is 11.4. The summed E-state index contributed by atoms with van der Waals surface area (Å²) in [5, 5.41) is 3.32. The minimum Gasteiger partial charge on any atom is -0.384 e. The maximum atomic E-state index is 5.62. The fraction of sp³-hybridized carbons (Fsp3) is 0.667. The fourth-order valence-electron chi connectivity index (χ4n) is 2.50. The molecule has 1 aliphatic carbocycles. The summed E-state index contributed by atoms with van der Waals surface area (Å²) in [6.45, 7) is 3.24. The van der Waals surface area contributed by atoms with Gasteiger partial charge < -0.3 is 11.1 Å². The van der Waals surface area contributed by atoms with Crippen LogP contribution in [0.2, 0.25) is 0 Å². The topological polar surface area (TPSA) is 63.8 Å². The van der Waals surface area contributed by atoms with E-state index in [1.165, 1.54) is 32.1 Å². The van der Waals surface area contributed by atoms with Gasteiger partial charge in [-0.15, -0.1) is 0 Å². The Morgan fingerprint density at radius 1 is 1.44 bits per heavy atom. The molecule has 0 saturated heterocycles. The van der Waals surface area contributed by atoms with Crippen molar-refractivity contribution in [3.8, 4) is 0 Å². The van der Waals surface area contributed by atoms with Gasteiger partial charge in [0.2, 0.25) is 5.95 Å². The van der Waals surface area contributed by atoms with E-state index in [4.69, 9.17) is 5.73 Å². The Labute approximate surface area is 96.7 Å². The Kier molecular flexibility index (Phi) is 3.27. The molecule has 0 amide bonds. The third-order valence-electron chi connectivity index (χ3n) is 3.71. The van der Waals surface area contributed by atoms with Crippen LogP contribution >= 0.6 is 0 Å². The second-order valence-electron chi connectivity index (χ2n) is 4.72. The zero-order valence-electron chi connectivity index (χ0n) is 9.87. The summed E-state index contributed by atoms with van der Waals surface area (Å²) in [5.41, 5.74) is 6.07. The summed E-state index contributed by atoms with van der Waals surface area (Å²) in [6.07, 6.45) is 8.26. The Morgan fingerprint density at radius 2 is 2.19 bits per heavy atom. The maximum absolute atomic E-state index is 5.62. The molecule has 1 aromatic heterocycles. The van der Waals surface area contributed by atoms with Crippen LogP contribution in [-0.2, 0) is 0 Å². The van der Waals surface area contributed by atoms with Crippen LogP contribution in [0.25, 0.3) is 0 Å². The molecular weight excluding hydrogens is 200 g/mol. The van der Waals surface area contributed by atoms with Crippen molar-refractivity contribution in [3.05, 3.63) is 12.3 Å². The summed E-state index contributed by atoms with van der Waals surface area (Å²) in [5.74, 6) is 1.18. The minimum atomic E-state index is 0.452. The van der Waals surface area contributed by atoms with Gasteiger partial charge in [-0.2, -0.15) is 4.98 Å². The van der Waals surface area contributed by atoms with E-state index in [0.29, 0.717) is 17.2 Å². The van der Waals surface area contributed by atoms with Crippen LogP contribution in [0.5, 0.6) is 0 Å².